The first-order valence-corrected chi connectivity index (χ1v) is 5.01. The van der Waals surface area contributed by atoms with Crippen molar-refractivity contribution in [1.29, 1.82) is 0 Å². The zero-order valence-corrected chi connectivity index (χ0v) is 8.58. The average molecular weight is 235 g/mol. The van der Waals surface area contributed by atoms with Crippen LogP contribution in [0.3, 0.4) is 0 Å². The summed E-state index contributed by atoms with van der Waals surface area (Å²) in [5.74, 6) is 0.393. The van der Waals surface area contributed by atoms with Crippen molar-refractivity contribution in [3.63, 3.8) is 0 Å². The fourth-order valence-electron chi connectivity index (χ4n) is 0.743. The van der Waals surface area contributed by atoms with E-state index in [1.54, 1.807) is 6.07 Å². The third kappa shape index (κ3) is 1.87. The standard InChI is InChI=1S/C7H7BrO2S/c1-4(9)7-5(11-2)3-6(8)10-7/h3H,1-2H3. The number of furan rings is 1. The van der Waals surface area contributed by atoms with Crippen LogP contribution in [0.4, 0.5) is 0 Å². The van der Waals surface area contributed by atoms with Crippen LogP contribution in [0.15, 0.2) is 20.0 Å². The van der Waals surface area contributed by atoms with Gasteiger partial charge < -0.3 is 4.42 Å². The van der Waals surface area contributed by atoms with Crippen LogP contribution in [-0.4, -0.2) is 12.0 Å². The molecule has 0 saturated carbocycles. The van der Waals surface area contributed by atoms with E-state index in [2.05, 4.69) is 15.9 Å². The van der Waals surface area contributed by atoms with Crippen LogP contribution in [0.5, 0.6) is 0 Å². The summed E-state index contributed by atoms with van der Waals surface area (Å²) >= 11 is 4.66. The molecule has 0 radical (unpaired) electrons. The predicted octanol–water partition coefficient (Wildman–Crippen LogP) is 2.97. The smallest absolute Gasteiger partial charge is 0.196 e. The topological polar surface area (TPSA) is 30.2 Å². The molecule has 0 aliphatic carbocycles. The Kier molecular flexibility index (Phi) is 2.78. The van der Waals surface area contributed by atoms with Gasteiger partial charge in [0.25, 0.3) is 0 Å². The fourth-order valence-corrected chi connectivity index (χ4v) is 1.88. The second-order valence-corrected chi connectivity index (χ2v) is 3.63. The summed E-state index contributed by atoms with van der Waals surface area (Å²) in [5, 5.41) is 0. The van der Waals surface area contributed by atoms with E-state index < -0.39 is 0 Å². The maximum atomic E-state index is 10.9. The summed E-state index contributed by atoms with van der Waals surface area (Å²) in [6.07, 6.45) is 1.91. The number of hydrogen-bond acceptors (Lipinski definition) is 3. The lowest BCUT2D eigenvalue weighted by Crippen LogP contribution is -1.89. The zero-order valence-electron chi connectivity index (χ0n) is 6.18. The Balaban J connectivity index is 3.12. The van der Waals surface area contributed by atoms with Gasteiger partial charge in [-0.05, 0) is 22.2 Å². The number of carbonyl (C=O) groups excluding carboxylic acids is 1. The van der Waals surface area contributed by atoms with E-state index in [0.29, 0.717) is 10.4 Å². The Morgan fingerprint density at radius 2 is 2.36 bits per heavy atom. The van der Waals surface area contributed by atoms with Gasteiger partial charge in [0, 0.05) is 13.0 Å². The van der Waals surface area contributed by atoms with Crippen LogP contribution in [0, 0.1) is 0 Å². The molecule has 0 unspecified atom stereocenters. The first-order valence-electron chi connectivity index (χ1n) is 2.99. The molecule has 0 aliphatic heterocycles. The lowest BCUT2D eigenvalue weighted by molar-refractivity contribution is 0.0982. The van der Waals surface area contributed by atoms with E-state index in [4.69, 9.17) is 4.42 Å². The maximum absolute atomic E-state index is 10.9. The Morgan fingerprint density at radius 1 is 1.73 bits per heavy atom. The molecule has 0 fully saturated rings. The molecule has 0 bridgehead atoms. The second kappa shape index (κ2) is 3.45. The Hall–Kier alpha value is -0.220. The third-order valence-electron chi connectivity index (χ3n) is 1.21. The number of rotatable bonds is 2. The van der Waals surface area contributed by atoms with Crippen molar-refractivity contribution in [3.8, 4) is 0 Å². The van der Waals surface area contributed by atoms with E-state index in [0.717, 1.165) is 4.90 Å². The molecule has 0 N–H and O–H groups in total. The summed E-state index contributed by atoms with van der Waals surface area (Å²) < 4.78 is 5.72. The first-order chi connectivity index (χ1) is 5.15. The number of halogens is 1. The van der Waals surface area contributed by atoms with E-state index in [9.17, 15) is 4.79 Å². The highest BCUT2D eigenvalue weighted by Crippen LogP contribution is 2.27. The van der Waals surface area contributed by atoms with Crippen molar-refractivity contribution in [1.82, 2.24) is 0 Å². The van der Waals surface area contributed by atoms with Gasteiger partial charge >= 0.3 is 0 Å². The molecule has 4 heteroatoms. The summed E-state index contributed by atoms with van der Waals surface area (Å²) in [6.45, 7) is 1.49. The van der Waals surface area contributed by atoms with Gasteiger partial charge in [0.1, 0.15) is 0 Å². The molecule has 1 aromatic rings. The van der Waals surface area contributed by atoms with E-state index in [1.165, 1.54) is 18.7 Å². The van der Waals surface area contributed by atoms with Gasteiger partial charge in [-0.25, -0.2) is 0 Å². The molecule has 11 heavy (non-hydrogen) atoms. The third-order valence-corrected chi connectivity index (χ3v) is 2.34. The van der Waals surface area contributed by atoms with Crippen LogP contribution in [0.25, 0.3) is 0 Å². The molecule has 60 valence electrons. The lowest BCUT2D eigenvalue weighted by Gasteiger charge is -1.90. The molecule has 0 atom stereocenters. The summed E-state index contributed by atoms with van der Waals surface area (Å²) in [5.41, 5.74) is 0. The number of carbonyl (C=O) groups is 1. The first kappa shape index (κ1) is 8.87. The molecule has 1 aromatic heterocycles. The number of hydrogen-bond donors (Lipinski definition) is 0. The van der Waals surface area contributed by atoms with Gasteiger partial charge in [0.05, 0.1) is 4.90 Å². The number of Topliss-reactive ketones (excluding diaryl/α,β-unsaturated/α-hetero) is 1. The summed E-state index contributed by atoms with van der Waals surface area (Å²) in [7, 11) is 0. The molecular formula is C7H7BrO2S. The van der Waals surface area contributed by atoms with Crippen molar-refractivity contribution in [2.45, 2.75) is 11.8 Å². The minimum absolute atomic E-state index is 0.0416. The van der Waals surface area contributed by atoms with Crippen molar-refractivity contribution >= 4 is 33.5 Å². The average Bonchev–Trinajstić information content (AvgIpc) is 2.30. The highest BCUT2D eigenvalue weighted by Gasteiger charge is 2.12. The monoisotopic (exact) mass is 234 g/mol. The molecule has 2 nitrogen and oxygen atoms in total. The Bertz CT molecular complexity index is 280. The van der Waals surface area contributed by atoms with Crippen molar-refractivity contribution in [2.75, 3.05) is 6.26 Å². The number of ketones is 1. The fraction of sp³-hybridized carbons (Fsp3) is 0.286. The molecule has 0 spiro atoms. The highest BCUT2D eigenvalue weighted by molar-refractivity contribution is 9.10. The Labute approximate surface area is 77.5 Å². The summed E-state index contributed by atoms with van der Waals surface area (Å²) in [4.78, 5) is 11.8. The Morgan fingerprint density at radius 3 is 2.73 bits per heavy atom. The van der Waals surface area contributed by atoms with Gasteiger partial charge in [0.2, 0.25) is 0 Å². The molecule has 0 amide bonds. The van der Waals surface area contributed by atoms with Gasteiger partial charge in [0.15, 0.2) is 16.2 Å². The van der Waals surface area contributed by atoms with Gasteiger partial charge in [-0.1, -0.05) is 0 Å². The SMILES string of the molecule is CSc1cc(Br)oc1C(C)=O. The van der Waals surface area contributed by atoms with E-state index in [-0.39, 0.29) is 5.78 Å². The molecule has 0 aromatic carbocycles. The lowest BCUT2D eigenvalue weighted by atomic mass is 10.3. The van der Waals surface area contributed by atoms with Crippen LogP contribution in [0.1, 0.15) is 17.5 Å². The van der Waals surface area contributed by atoms with Crippen LogP contribution in [-0.2, 0) is 0 Å². The highest BCUT2D eigenvalue weighted by atomic mass is 79.9. The predicted molar refractivity (Wildman–Crippen MR) is 48.2 cm³/mol. The maximum Gasteiger partial charge on any atom is 0.196 e. The van der Waals surface area contributed by atoms with Gasteiger partial charge in [-0.15, -0.1) is 11.8 Å². The molecule has 0 aliphatic rings. The van der Waals surface area contributed by atoms with Gasteiger partial charge in [-0.3, -0.25) is 4.79 Å². The van der Waals surface area contributed by atoms with Crippen molar-refractivity contribution in [3.05, 3.63) is 16.5 Å². The van der Waals surface area contributed by atoms with Crippen LogP contribution >= 0.6 is 27.7 Å². The van der Waals surface area contributed by atoms with Crippen molar-refractivity contribution < 1.29 is 9.21 Å². The van der Waals surface area contributed by atoms with Crippen LogP contribution in [0.2, 0.25) is 0 Å². The minimum Gasteiger partial charge on any atom is -0.445 e. The normalized spacial score (nSPS) is 10.1. The van der Waals surface area contributed by atoms with Crippen LogP contribution < -0.4 is 0 Å². The quantitative estimate of drug-likeness (QED) is 0.583. The second-order valence-electron chi connectivity index (χ2n) is 2.00. The molecule has 1 heterocycles. The minimum atomic E-state index is -0.0416. The molecule has 1 rings (SSSR count). The van der Waals surface area contributed by atoms with E-state index >= 15 is 0 Å². The van der Waals surface area contributed by atoms with Crippen molar-refractivity contribution in [2.24, 2.45) is 0 Å². The largest absolute Gasteiger partial charge is 0.445 e. The molecular weight excluding hydrogens is 228 g/mol. The van der Waals surface area contributed by atoms with E-state index in [1.807, 2.05) is 6.26 Å². The van der Waals surface area contributed by atoms with Gasteiger partial charge in [-0.2, -0.15) is 0 Å². The number of thioether (sulfide) groups is 1. The summed E-state index contributed by atoms with van der Waals surface area (Å²) in [6, 6.07) is 1.79. The zero-order chi connectivity index (χ0) is 8.43. The molecule has 0 saturated heterocycles.